The summed E-state index contributed by atoms with van der Waals surface area (Å²) in [6.45, 7) is 10.6. The average Bonchev–Trinajstić information content (AvgIpc) is 1.64. The molecular formula is C94H92F28O20. The normalized spacial score (nSPS) is 25.7. The molecule has 0 unspecified atom stereocenters. The summed E-state index contributed by atoms with van der Waals surface area (Å²) >= 11 is 0. The highest BCUT2D eigenvalue weighted by Crippen LogP contribution is 2.48. The van der Waals surface area contributed by atoms with Crippen molar-refractivity contribution < 1.29 is 219 Å². The standard InChI is InChI=1S/2C25H25F7O5.2C22H21F7O5/c2*1-13(15-8-16(24(27,28)29)10-17(9-15)25(30,31)32)35-22-21(33-11-14-4-6-18(26)7-5-14)20-19(12-34-22)36-23(2,3)37-20;2*1-11(13-6-14(21(24,25)26)8-15(7-13)22(27,28)29)34-20-19(18(31)17(30)10-33-20)32-9-12-2-4-16(23)5-3-12/h2*4-10,13,19-22H,11-12H2,1-3H3;2*2-8,11,17-20,30-31H,9-10H2,1H3/t13-,19+,20+,21-,22+;13-,19+,20+,21-,22-;11-,17+,18+,19-,20+;11-,17+,18+,19-,20-/m1111/s1. The number of benzene rings is 8. The second-order valence-corrected chi connectivity index (χ2v) is 34.3. The third-order valence-electron chi connectivity index (χ3n) is 22.4. The van der Waals surface area contributed by atoms with Gasteiger partial charge in [0.1, 0.15) is 96.5 Å². The molecule has 0 spiro atoms. The topological polar surface area (TPSA) is 229 Å². The molecule has 142 heavy (non-hydrogen) atoms. The van der Waals surface area contributed by atoms with Crippen LogP contribution in [0, 0.1) is 23.3 Å². The number of hydrogen-bond acceptors (Lipinski definition) is 20. The van der Waals surface area contributed by atoms with Crippen LogP contribution in [0.4, 0.5) is 123 Å². The molecule has 48 heteroatoms. The predicted octanol–water partition coefficient (Wildman–Crippen LogP) is 22.0. The molecule has 8 aromatic carbocycles. The third kappa shape index (κ3) is 31.1. The van der Waals surface area contributed by atoms with Crippen molar-refractivity contribution in [3.05, 3.63) is 282 Å². The first kappa shape index (κ1) is 113. The molecule has 6 aliphatic heterocycles. The molecule has 0 radical (unpaired) electrons. The van der Waals surface area contributed by atoms with Crippen molar-refractivity contribution in [1.82, 2.24) is 0 Å². The molecule has 4 N–H and O–H groups in total. The minimum absolute atomic E-state index is 0.00170. The van der Waals surface area contributed by atoms with Crippen LogP contribution in [-0.4, -0.2) is 157 Å². The SMILES string of the molecule is C[C@@H](O[C@@H]1OC[C@@H]2OC(C)(C)O[C@@H]2[C@H]1OCc1ccc(F)cc1)c1cc(C(F)(F)F)cc(C(F)(F)F)c1.C[C@@H](O[C@@H]1OC[C@H](O)[C@H](O)[C@H]1OCc1ccc(F)cc1)c1cc(C(F)(F)F)cc(C(F)(F)F)c1.C[C@@H](O[C@H]1OC[C@@H]2OC(C)(C)O[C@@H]2[C@H]1OCc1ccc(F)cc1)c1cc(C(F)(F)F)cc(C(F)(F)F)c1.C[C@@H](O[C@H]1OC[C@H](O)[C@H](O)[C@H]1OCc1ccc(F)cc1)c1cc(C(F)(F)F)cc(C(F)(F)F)c1. The van der Waals surface area contributed by atoms with Crippen LogP contribution >= 0.6 is 0 Å². The summed E-state index contributed by atoms with van der Waals surface area (Å²) in [6.07, 6.45) is -63.4. The summed E-state index contributed by atoms with van der Waals surface area (Å²) < 4.78 is 462. The maximum atomic E-state index is 13.3. The number of alkyl halides is 24. The third-order valence-corrected chi connectivity index (χ3v) is 22.4. The molecule has 20 nitrogen and oxygen atoms in total. The number of aliphatic hydroxyl groups is 4. The summed E-state index contributed by atoms with van der Waals surface area (Å²) in [5.41, 5.74) is -11.1. The Kier molecular flexibility index (Phi) is 36.4. The predicted molar refractivity (Wildman–Crippen MR) is 434 cm³/mol. The Morgan fingerprint density at radius 3 is 0.655 bits per heavy atom. The molecule has 0 saturated carbocycles. The van der Waals surface area contributed by atoms with E-state index >= 15 is 0 Å². The van der Waals surface area contributed by atoms with E-state index in [9.17, 15) is 143 Å². The van der Waals surface area contributed by atoms with Gasteiger partial charge in [0.05, 0.1) is 122 Å². The molecule has 6 fully saturated rings. The molecule has 0 aliphatic carbocycles. The highest BCUT2D eigenvalue weighted by atomic mass is 19.4. The van der Waals surface area contributed by atoms with E-state index in [4.69, 9.17) is 75.8 Å². The lowest BCUT2D eigenvalue weighted by molar-refractivity contribution is -0.294. The molecule has 20 atom stereocenters. The molecule has 8 aromatic rings. The van der Waals surface area contributed by atoms with Crippen molar-refractivity contribution in [1.29, 1.82) is 0 Å². The van der Waals surface area contributed by atoms with Crippen molar-refractivity contribution in [3.8, 4) is 0 Å². The maximum Gasteiger partial charge on any atom is 0.416 e. The zero-order chi connectivity index (χ0) is 105. The quantitative estimate of drug-likeness (QED) is 0.0412. The summed E-state index contributed by atoms with van der Waals surface area (Å²) in [5.74, 6) is -3.83. The van der Waals surface area contributed by atoms with Gasteiger partial charge in [-0.2, -0.15) is 105 Å². The van der Waals surface area contributed by atoms with E-state index in [1.165, 1.54) is 125 Å². The average molecular weight is 2070 g/mol. The van der Waals surface area contributed by atoms with Crippen LogP contribution in [0.15, 0.2) is 170 Å². The fourth-order valence-electron chi connectivity index (χ4n) is 15.2. The van der Waals surface area contributed by atoms with Crippen molar-refractivity contribution in [3.63, 3.8) is 0 Å². The second kappa shape index (κ2) is 45.6. The van der Waals surface area contributed by atoms with E-state index < -0.39 is 276 Å². The summed E-state index contributed by atoms with van der Waals surface area (Å²) in [5, 5.41) is 40.4. The fourth-order valence-corrected chi connectivity index (χ4v) is 15.2. The zero-order valence-electron chi connectivity index (χ0n) is 75.3. The Balaban J connectivity index is 0.000000181. The van der Waals surface area contributed by atoms with Gasteiger partial charge in [-0.1, -0.05) is 48.5 Å². The van der Waals surface area contributed by atoms with Crippen molar-refractivity contribution in [2.24, 2.45) is 0 Å². The first-order chi connectivity index (χ1) is 65.7. The highest BCUT2D eigenvalue weighted by molar-refractivity contribution is 5.39. The first-order valence-corrected chi connectivity index (χ1v) is 42.9. The van der Waals surface area contributed by atoms with Gasteiger partial charge in [-0.15, -0.1) is 0 Å². The smallest absolute Gasteiger partial charge is 0.388 e. The molecule has 0 amide bonds. The van der Waals surface area contributed by atoms with Crippen LogP contribution < -0.4 is 0 Å². The largest absolute Gasteiger partial charge is 0.416 e. The number of hydrogen-bond donors (Lipinski definition) is 4. The molecule has 784 valence electrons. The van der Waals surface area contributed by atoms with Gasteiger partial charge < -0.3 is 96.2 Å². The second-order valence-electron chi connectivity index (χ2n) is 34.3. The summed E-state index contributed by atoms with van der Waals surface area (Å²) in [6, 6.07) is 26.0. The highest BCUT2D eigenvalue weighted by Gasteiger charge is 2.56. The lowest BCUT2D eigenvalue weighted by atomic mass is 10.0. The van der Waals surface area contributed by atoms with Crippen LogP contribution in [-0.2, 0) is 152 Å². The molecule has 6 heterocycles. The van der Waals surface area contributed by atoms with E-state index in [0.717, 1.165) is 0 Å². The molecule has 6 saturated heterocycles. The minimum Gasteiger partial charge on any atom is -0.388 e. The molecule has 0 bridgehead atoms. The molecular weight excluding hydrogens is 1980 g/mol. The minimum atomic E-state index is -5.03. The monoisotopic (exact) mass is 2070 g/mol. The van der Waals surface area contributed by atoms with Crippen LogP contribution in [0.5, 0.6) is 0 Å². The lowest BCUT2D eigenvalue weighted by Crippen LogP contribution is -2.55. The number of ether oxygens (including phenoxy) is 16. The molecule has 14 rings (SSSR count). The Morgan fingerprint density at radius 1 is 0.275 bits per heavy atom. The van der Waals surface area contributed by atoms with E-state index in [2.05, 4.69) is 0 Å². The van der Waals surface area contributed by atoms with Gasteiger partial charge in [0.15, 0.2) is 36.7 Å². The Bertz CT molecular complexity index is 4950. The number of rotatable bonds is 24. The van der Waals surface area contributed by atoms with Gasteiger partial charge in [0.2, 0.25) is 0 Å². The maximum absolute atomic E-state index is 13.3. The van der Waals surface area contributed by atoms with Crippen LogP contribution in [0.25, 0.3) is 0 Å². The van der Waals surface area contributed by atoms with Crippen molar-refractivity contribution in [2.75, 3.05) is 26.4 Å². The Morgan fingerprint density at radius 2 is 0.458 bits per heavy atom. The van der Waals surface area contributed by atoms with E-state index in [-0.39, 0.29) is 75.0 Å². The van der Waals surface area contributed by atoms with Gasteiger partial charge in [-0.05, 0) is 221 Å². The van der Waals surface area contributed by atoms with E-state index in [1.54, 1.807) is 27.7 Å². The first-order valence-electron chi connectivity index (χ1n) is 42.9. The lowest BCUT2D eigenvalue weighted by Gasteiger charge is -2.39. The zero-order valence-corrected chi connectivity index (χ0v) is 75.3. The van der Waals surface area contributed by atoms with E-state index in [0.29, 0.717) is 70.8 Å². The van der Waals surface area contributed by atoms with Gasteiger partial charge >= 0.3 is 49.4 Å². The Hall–Kier alpha value is -9.00. The molecule has 6 aliphatic rings. The number of fused-ring (bicyclic) bond motifs is 2. The summed E-state index contributed by atoms with van der Waals surface area (Å²) in [7, 11) is 0. The number of aliphatic hydroxyl groups excluding tert-OH is 4. The van der Waals surface area contributed by atoms with Crippen molar-refractivity contribution >= 4 is 0 Å². The Labute approximate surface area is 790 Å². The van der Waals surface area contributed by atoms with E-state index in [1.807, 2.05) is 0 Å². The van der Waals surface area contributed by atoms with Gasteiger partial charge in [-0.25, -0.2) is 17.6 Å². The summed E-state index contributed by atoms with van der Waals surface area (Å²) in [4.78, 5) is 0. The number of halogens is 28. The van der Waals surface area contributed by atoms with Crippen LogP contribution in [0.3, 0.4) is 0 Å². The molecule has 0 aromatic heterocycles. The van der Waals surface area contributed by atoms with Gasteiger partial charge in [-0.3, -0.25) is 0 Å². The fraction of sp³-hybridized carbons (Fsp3) is 0.489. The van der Waals surface area contributed by atoms with Gasteiger partial charge in [0, 0.05) is 0 Å². The van der Waals surface area contributed by atoms with Crippen molar-refractivity contribution in [2.45, 2.75) is 266 Å². The van der Waals surface area contributed by atoms with Crippen LogP contribution in [0.1, 0.15) is 169 Å². The van der Waals surface area contributed by atoms with Crippen LogP contribution in [0.2, 0.25) is 0 Å². The van der Waals surface area contributed by atoms with Gasteiger partial charge in [0.25, 0.3) is 0 Å².